The van der Waals surface area contributed by atoms with Gasteiger partial charge < -0.3 is 5.32 Å². The van der Waals surface area contributed by atoms with E-state index in [-0.39, 0.29) is 5.91 Å². The molecular formula is C16H12ClN5O. The predicted octanol–water partition coefficient (Wildman–Crippen LogP) is 2.97. The van der Waals surface area contributed by atoms with E-state index in [1.165, 1.54) is 17.1 Å². The first kappa shape index (κ1) is 14.9. The monoisotopic (exact) mass is 325 g/mol. The lowest BCUT2D eigenvalue weighted by Gasteiger charge is -2.05. The molecule has 23 heavy (non-hydrogen) atoms. The Morgan fingerprint density at radius 2 is 2.04 bits per heavy atom. The van der Waals surface area contributed by atoms with Crippen LogP contribution in [0.1, 0.15) is 5.56 Å². The van der Waals surface area contributed by atoms with Crippen molar-refractivity contribution in [3.05, 3.63) is 71.5 Å². The van der Waals surface area contributed by atoms with Crippen molar-refractivity contribution in [2.45, 2.75) is 0 Å². The number of nitrogens with one attached hydrogen (secondary N) is 1. The van der Waals surface area contributed by atoms with Gasteiger partial charge in [-0.25, -0.2) is 4.68 Å². The molecule has 0 saturated heterocycles. The smallest absolute Gasteiger partial charge is 0.248 e. The number of aromatic nitrogens is 4. The van der Waals surface area contributed by atoms with Crippen LogP contribution in [-0.4, -0.2) is 26.1 Å². The lowest BCUT2D eigenvalue weighted by Crippen LogP contribution is -2.08. The Hall–Kier alpha value is -2.99. The highest BCUT2D eigenvalue weighted by molar-refractivity contribution is 6.32. The number of nitrogens with zero attached hydrogens (tertiary/aromatic N) is 4. The van der Waals surface area contributed by atoms with Gasteiger partial charge in [-0.15, -0.1) is 5.10 Å². The molecular weight excluding hydrogens is 314 g/mol. The molecule has 0 aliphatic carbocycles. The molecule has 6 nitrogen and oxygen atoms in total. The summed E-state index contributed by atoms with van der Waals surface area (Å²) in [6.07, 6.45) is 4.59. The van der Waals surface area contributed by atoms with Gasteiger partial charge in [-0.2, -0.15) is 0 Å². The second kappa shape index (κ2) is 6.85. The van der Waals surface area contributed by atoms with Crippen LogP contribution in [0.4, 0.5) is 5.69 Å². The van der Waals surface area contributed by atoms with E-state index in [1.807, 2.05) is 30.3 Å². The SMILES string of the molecule is O=C(C=Cc1ccccc1Cl)Nc1cccc(-n2cnnn2)c1. The molecule has 0 spiro atoms. The summed E-state index contributed by atoms with van der Waals surface area (Å²) in [6.45, 7) is 0. The zero-order chi connectivity index (χ0) is 16.1. The van der Waals surface area contributed by atoms with Crippen LogP contribution < -0.4 is 5.32 Å². The number of hydrogen-bond acceptors (Lipinski definition) is 4. The lowest BCUT2D eigenvalue weighted by atomic mass is 10.2. The molecule has 1 amide bonds. The van der Waals surface area contributed by atoms with Crippen LogP contribution in [0.3, 0.4) is 0 Å². The fourth-order valence-corrected chi connectivity index (χ4v) is 2.16. The quantitative estimate of drug-likeness (QED) is 0.748. The Morgan fingerprint density at radius 1 is 1.17 bits per heavy atom. The standard InChI is InChI=1S/C16H12ClN5O/c17-15-7-2-1-4-12(15)8-9-16(23)19-13-5-3-6-14(10-13)22-11-18-20-21-22/h1-11H,(H,19,23). The molecule has 0 aliphatic heterocycles. The molecule has 1 heterocycles. The molecule has 114 valence electrons. The molecule has 3 aromatic rings. The molecule has 1 N–H and O–H groups in total. The largest absolute Gasteiger partial charge is 0.322 e. The summed E-state index contributed by atoms with van der Waals surface area (Å²) >= 11 is 6.04. The van der Waals surface area contributed by atoms with Gasteiger partial charge in [0.05, 0.1) is 5.69 Å². The number of halogens is 1. The van der Waals surface area contributed by atoms with E-state index in [1.54, 1.807) is 24.3 Å². The van der Waals surface area contributed by atoms with Gasteiger partial charge in [-0.1, -0.05) is 35.9 Å². The van der Waals surface area contributed by atoms with Gasteiger partial charge >= 0.3 is 0 Å². The van der Waals surface area contributed by atoms with Crippen LogP contribution in [0.25, 0.3) is 11.8 Å². The van der Waals surface area contributed by atoms with Gasteiger partial charge in [0.15, 0.2) is 0 Å². The normalized spacial score (nSPS) is 10.8. The molecule has 0 atom stereocenters. The fourth-order valence-electron chi connectivity index (χ4n) is 1.97. The molecule has 0 unspecified atom stereocenters. The number of benzene rings is 2. The third-order valence-electron chi connectivity index (χ3n) is 3.05. The van der Waals surface area contributed by atoms with Crippen molar-refractivity contribution in [1.29, 1.82) is 0 Å². The molecule has 0 aliphatic rings. The van der Waals surface area contributed by atoms with Crippen LogP contribution in [0.2, 0.25) is 5.02 Å². The Bertz CT molecular complexity index is 845. The molecule has 1 aromatic heterocycles. The first-order valence-electron chi connectivity index (χ1n) is 6.79. The number of anilines is 1. The molecule has 0 bridgehead atoms. The van der Waals surface area contributed by atoms with Crippen molar-refractivity contribution in [2.24, 2.45) is 0 Å². The number of hydrogen-bond donors (Lipinski definition) is 1. The summed E-state index contributed by atoms with van der Waals surface area (Å²) in [5, 5.41) is 14.3. The Labute approximate surface area is 137 Å². The van der Waals surface area contributed by atoms with Crippen molar-refractivity contribution >= 4 is 29.3 Å². The molecule has 3 rings (SSSR count). The zero-order valence-electron chi connectivity index (χ0n) is 11.9. The summed E-state index contributed by atoms with van der Waals surface area (Å²) in [5.74, 6) is -0.251. The minimum absolute atomic E-state index is 0.251. The Balaban J connectivity index is 1.71. The van der Waals surface area contributed by atoms with E-state index in [9.17, 15) is 4.79 Å². The van der Waals surface area contributed by atoms with Gasteiger partial charge in [0.1, 0.15) is 6.33 Å². The summed E-state index contributed by atoms with van der Waals surface area (Å²) in [4.78, 5) is 12.0. The van der Waals surface area contributed by atoms with E-state index in [4.69, 9.17) is 11.6 Å². The summed E-state index contributed by atoms with van der Waals surface area (Å²) < 4.78 is 1.51. The Kier molecular flexibility index (Phi) is 4.44. The van der Waals surface area contributed by atoms with Gasteiger partial charge in [-0.3, -0.25) is 4.79 Å². The van der Waals surface area contributed by atoms with Crippen molar-refractivity contribution in [1.82, 2.24) is 20.2 Å². The highest BCUT2D eigenvalue weighted by Crippen LogP contribution is 2.17. The van der Waals surface area contributed by atoms with Crippen molar-refractivity contribution in [3.63, 3.8) is 0 Å². The molecule has 0 saturated carbocycles. The average molecular weight is 326 g/mol. The maximum Gasteiger partial charge on any atom is 0.248 e. The maximum atomic E-state index is 12.0. The topological polar surface area (TPSA) is 72.7 Å². The first-order chi connectivity index (χ1) is 11.2. The van der Waals surface area contributed by atoms with Crippen LogP contribution in [0, 0.1) is 0 Å². The van der Waals surface area contributed by atoms with Crippen molar-refractivity contribution in [3.8, 4) is 5.69 Å². The first-order valence-corrected chi connectivity index (χ1v) is 7.17. The molecule has 2 aromatic carbocycles. The van der Waals surface area contributed by atoms with Gasteiger partial charge in [-0.05, 0) is 46.3 Å². The number of rotatable bonds is 4. The summed E-state index contributed by atoms with van der Waals surface area (Å²) in [6, 6.07) is 14.5. The number of amides is 1. The highest BCUT2D eigenvalue weighted by atomic mass is 35.5. The average Bonchev–Trinajstić information content (AvgIpc) is 3.09. The van der Waals surface area contributed by atoms with Crippen LogP contribution in [0.15, 0.2) is 60.9 Å². The second-order valence-electron chi connectivity index (χ2n) is 4.65. The van der Waals surface area contributed by atoms with Crippen molar-refractivity contribution < 1.29 is 4.79 Å². The number of carbonyl (C=O) groups is 1. The summed E-state index contributed by atoms with van der Waals surface area (Å²) in [5.41, 5.74) is 2.18. The minimum atomic E-state index is -0.251. The van der Waals surface area contributed by atoms with Gasteiger partial charge in [0.2, 0.25) is 5.91 Å². The van der Waals surface area contributed by atoms with Gasteiger partial charge in [0.25, 0.3) is 0 Å². The second-order valence-corrected chi connectivity index (χ2v) is 5.06. The zero-order valence-corrected chi connectivity index (χ0v) is 12.7. The molecule has 7 heteroatoms. The van der Waals surface area contributed by atoms with E-state index in [0.29, 0.717) is 10.7 Å². The highest BCUT2D eigenvalue weighted by Gasteiger charge is 2.02. The van der Waals surface area contributed by atoms with Crippen molar-refractivity contribution in [2.75, 3.05) is 5.32 Å². The van der Waals surface area contributed by atoms with E-state index < -0.39 is 0 Å². The maximum absolute atomic E-state index is 12.0. The van der Waals surface area contributed by atoms with E-state index in [0.717, 1.165) is 11.3 Å². The molecule has 0 radical (unpaired) electrons. The van der Waals surface area contributed by atoms with Crippen LogP contribution in [0.5, 0.6) is 0 Å². The lowest BCUT2D eigenvalue weighted by molar-refractivity contribution is -0.111. The van der Waals surface area contributed by atoms with E-state index in [2.05, 4.69) is 20.8 Å². The summed E-state index contributed by atoms with van der Waals surface area (Å²) in [7, 11) is 0. The molecule has 0 fully saturated rings. The third-order valence-corrected chi connectivity index (χ3v) is 3.39. The Morgan fingerprint density at radius 3 is 2.83 bits per heavy atom. The van der Waals surface area contributed by atoms with Gasteiger partial charge in [0, 0.05) is 16.8 Å². The van der Waals surface area contributed by atoms with Crippen LogP contribution in [-0.2, 0) is 4.79 Å². The number of tetrazole rings is 1. The van der Waals surface area contributed by atoms with E-state index >= 15 is 0 Å². The fraction of sp³-hybridized carbons (Fsp3) is 0. The minimum Gasteiger partial charge on any atom is -0.322 e. The predicted molar refractivity (Wildman–Crippen MR) is 88.3 cm³/mol. The van der Waals surface area contributed by atoms with Crippen LogP contribution >= 0.6 is 11.6 Å². The number of carbonyl (C=O) groups excluding carboxylic acids is 1. The third kappa shape index (κ3) is 3.81.